The average molecular weight is 420 g/mol. The summed E-state index contributed by atoms with van der Waals surface area (Å²) in [5.74, 6) is -4.42. The summed E-state index contributed by atoms with van der Waals surface area (Å²) in [4.78, 5) is 12.9. The van der Waals surface area contributed by atoms with Crippen molar-refractivity contribution in [3.8, 4) is 0 Å². The van der Waals surface area contributed by atoms with E-state index in [2.05, 4.69) is 4.18 Å². The molecule has 1 heterocycles. The van der Waals surface area contributed by atoms with Crippen LogP contribution in [0, 0.1) is 0 Å². The van der Waals surface area contributed by atoms with E-state index < -0.39 is 86.4 Å². The fourth-order valence-corrected chi connectivity index (χ4v) is 2.85. The predicted molar refractivity (Wildman–Crippen MR) is 91.6 cm³/mol. The number of benzene rings is 2. The van der Waals surface area contributed by atoms with E-state index in [1.165, 1.54) is 18.2 Å². The van der Waals surface area contributed by atoms with Crippen molar-refractivity contribution >= 4 is 15.9 Å². The first-order valence-electron chi connectivity index (χ1n) is 10.8. The Morgan fingerprint density at radius 1 is 1.21 bits per heavy atom. The average Bonchev–Trinajstić information content (AvgIpc) is 2.95. The number of carbonyl (C=O) groups excluding carboxylic acids is 1. The Balaban J connectivity index is 2.08. The molecule has 0 aromatic heterocycles. The van der Waals surface area contributed by atoms with Crippen LogP contribution >= 0.6 is 0 Å². The number of nitrogens with two attached hydrogens (primary N) is 1. The van der Waals surface area contributed by atoms with Gasteiger partial charge in [0.1, 0.15) is 5.70 Å². The van der Waals surface area contributed by atoms with E-state index in [0.29, 0.717) is 0 Å². The molecule has 1 aliphatic rings. The maximum absolute atomic E-state index is 13.2. The van der Waals surface area contributed by atoms with Crippen molar-refractivity contribution in [1.82, 2.24) is 0 Å². The van der Waals surface area contributed by atoms with E-state index in [4.69, 9.17) is 20.1 Å². The molecule has 1 aliphatic heterocycles. The molecule has 148 valence electrons. The number of alkyl halides is 3. The number of halogens is 3. The third kappa shape index (κ3) is 4.28. The molecule has 10 heteroatoms. The maximum Gasteiger partial charge on any atom is 0.416 e. The Hall–Kier alpha value is -3.01. The molecule has 0 aliphatic carbocycles. The van der Waals surface area contributed by atoms with Crippen LogP contribution in [0.1, 0.15) is 32.4 Å². The molecule has 0 saturated heterocycles. The molecular weight excluding hydrogens is 399 g/mol. The fraction of sp³-hybridized carbons (Fsp3) is 0.167. The van der Waals surface area contributed by atoms with E-state index in [-0.39, 0.29) is 0 Å². The maximum atomic E-state index is 13.2. The third-order valence-electron chi connectivity index (χ3n) is 3.19. The van der Waals surface area contributed by atoms with Crippen molar-refractivity contribution in [3.63, 3.8) is 0 Å². The molecule has 0 unspecified atom stereocenters. The van der Waals surface area contributed by atoms with E-state index in [1.54, 1.807) is 0 Å². The largest absolute Gasteiger partial charge is 0.460 e. The molecule has 0 bridgehead atoms. The smallest absolute Gasteiger partial charge is 0.416 e. The van der Waals surface area contributed by atoms with Crippen molar-refractivity contribution in [3.05, 3.63) is 82.8 Å². The Morgan fingerprint density at radius 2 is 1.82 bits per heavy atom. The van der Waals surface area contributed by atoms with Gasteiger partial charge in [0.2, 0.25) is 17.4 Å². The first kappa shape index (κ1) is 12.4. The molecule has 2 aromatic carbocycles. The SMILES string of the molecule is [2H]c1c([2H])c([C@@]2([2H])OC(N)=C(OS(=O)(=O)C([2H])([2H])c3ccccc3)C2=O)c([2H])c([2H])c1C(F)(F)F. The Bertz CT molecular complexity index is 1340. The minimum Gasteiger partial charge on any atom is -0.460 e. The van der Waals surface area contributed by atoms with Crippen LogP contribution in [0.3, 0.4) is 0 Å². The standard InChI is InChI=1S/C18H14F3NO5S/c19-18(20,21)13-8-6-12(7-9-13)15-14(23)16(17(22)26-15)27-28(24,25)10-11-4-2-1-3-5-11/h1-9,15H,10,22H2/t15-/m1/s1/i6D,7D,8D,9D,10D2,15D. The molecule has 0 spiro atoms. The van der Waals surface area contributed by atoms with Crippen LogP contribution in [0.2, 0.25) is 0 Å². The van der Waals surface area contributed by atoms with Gasteiger partial charge in [-0.2, -0.15) is 21.6 Å². The number of hydrogen-bond acceptors (Lipinski definition) is 6. The number of ketones is 1. The fourth-order valence-electron chi connectivity index (χ4n) is 2.01. The normalized spacial score (nSPS) is 24.2. The number of rotatable bonds is 5. The Kier molecular flexibility index (Phi) is 3.20. The lowest BCUT2D eigenvalue weighted by Crippen LogP contribution is -2.16. The third-order valence-corrected chi connectivity index (χ3v) is 4.07. The second-order valence-corrected chi connectivity index (χ2v) is 6.49. The lowest BCUT2D eigenvalue weighted by atomic mass is 10.0. The zero-order valence-electron chi connectivity index (χ0n) is 20.5. The molecule has 28 heavy (non-hydrogen) atoms. The summed E-state index contributed by atoms with van der Waals surface area (Å²) in [6, 6.07) is 0.147. The van der Waals surface area contributed by atoms with Gasteiger partial charge in [-0.05, 0) is 17.6 Å². The van der Waals surface area contributed by atoms with Crippen LogP contribution in [0.4, 0.5) is 13.2 Å². The van der Waals surface area contributed by atoms with Gasteiger partial charge in [0.25, 0.3) is 0 Å². The van der Waals surface area contributed by atoms with Crippen LogP contribution in [0.25, 0.3) is 0 Å². The van der Waals surface area contributed by atoms with Gasteiger partial charge in [-0.1, -0.05) is 42.4 Å². The second kappa shape index (κ2) is 7.19. The number of ether oxygens (including phenoxy) is 1. The van der Waals surface area contributed by atoms with Crippen LogP contribution in [-0.2, 0) is 35.7 Å². The molecule has 0 radical (unpaired) electrons. The van der Waals surface area contributed by atoms with Gasteiger partial charge in [0, 0.05) is 5.56 Å². The molecule has 0 amide bonds. The van der Waals surface area contributed by atoms with Gasteiger partial charge in [-0.15, -0.1) is 0 Å². The highest BCUT2D eigenvalue weighted by Crippen LogP contribution is 2.35. The molecule has 2 N–H and O–H groups in total. The van der Waals surface area contributed by atoms with Gasteiger partial charge in [0.15, 0.2) is 6.08 Å². The van der Waals surface area contributed by atoms with Crippen molar-refractivity contribution < 1.29 is 44.9 Å². The Morgan fingerprint density at radius 3 is 2.39 bits per heavy atom. The van der Waals surface area contributed by atoms with Crippen molar-refractivity contribution in [2.75, 3.05) is 0 Å². The highest BCUT2D eigenvalue weighted by Gasteiger charge is 2.40. The molecule has 3 rings (SSSR count). The van der Waals surface area contributed by atoms with Gasteiger partial charge >= 0.3 is 16.3 Å². The first-order chi connectivity index (χ1) is 15.9. The van der Waals surface area contributed by atoms with E-state index in [1.807, 2.05) is 0 Å². The summed E-state index contributed by atoms with van der Waals surface area (Å²) in [6.07, 6.45) is -8.67. The quantitative estimate of drug-likeness (QED) is 0.747. The second-order valence-electron chi connectivity index (χ2n) is 5.21. The molecule has 0 saturated carbocycles. The van der Waals surface area contributed by atoms with Crippen LogP contribution in [0.5, 0.6) is 0 Å². The molecule has 6 nitrogen and oxygen atoms in total. The highest BCUT2D eigenvalue weighted by atomic mass is 32.2. The minimum absolute atomic E-state index is 0.398. The number of carbonyl (C=O) groups is 1. The monoisotopic (exact) mass is 420 g/mol. The first-order valence-corrected chi connectivity index (χ1v) is 8.70. The summed E-state index contributed by atoms with van der Waals surface area (Å²) in [7, 11) is -5.36. The Labute approximate surface area is 168 Å². The van der Waals surface area contributed by atoms with Crippen molar-refractivity contribution in [2.45, 2.75) is 18.0 Å². The summed E-state index contributed by atoms with van der Waals surface area (Å²) in [5, 5.41) is 0. The molecule has 1 atom stereocenters. The zero-order chi connectivity index (χ0) is 26.7. The van der Waals surface area contributed by atoms with E-state index in [0.717, 1.165) is 12.1 Å². The van der Waals surface area contributed by atoms with Crippen LogP contribution < -0.4 is 5.73 Å². The van der Waals surface area contributed by atoms with Gasteiger partial charge < -0.3 is 14.7 Å². The number of hydrogen-bond donors (Lipinski definition) is 1. The minimum atomic E-state index is -5.36. The summed E-state index contributed by atoms with van der Waals surface area (Å²) >= 11 is 0. The molecule has 0 fully saturated rings. The van der Waals surface area contributed by atoms with Crippen LogP contribution in [-0.4, -0.2) is 14.2 Å². The highest BCUT2D eigenvalue weighted by molar-refractivity contribution is 7.86. The summed E-state index contributed by atoms with van der Waals surface area (Å²) < 4.78 is 129. The van der Waals surface area contributed by atoms with Gasteiger partial charge in [-0.25, -0.2) is 0 Å². The van der Waals surface area contributed by atoms with Crippen LogP contribution in [0.15, 0.2) is 66.1 Å². The predicted octanol–water partition coefficient (Wildman–Crippen LogP) is 3.02. The van der Waals surface area contributed by atoms with E-state index in [9.17, 15) is 26.4 Å². The lowest BCUT2D eigenvalue weighted by molar-refractivity contribution is -0.137. The lowest BCUT2D eigenvalue weighted by Gasteiger charge is -2.12. The van der Waals surface area contributed by atoms with Gasteiger partial charge in [-0.3, -0.25) is 4.79 Å². The molecular formula is C18H14F3NO5S. The summed E-state index contributed by atoms with van der Waals surface area (Å²) in [6.45, 7) is 0. The van der Waals surface area contributed by atoms with Gasteiger partial charge in [0.05, 0.1) is 15.2 Å². The van der Waals surface area contributed by atoms with E-state index >= 15 is 0 Å². The number of Topliss-reactive ketones (excluding diaryl/α,β-unsaturated/α-hetero) is 1. The molecule has 2 aromatic rings. The topological polar surface area (TPSA) is 95.7 Å². The van der Waals surface area contributed by atoms with Crippen molar-refractivity contribution in [1.29, 1.82) is 0 Å². The van der Waals surface area contributed by atoms with Crippen molar-refractivity contribution in [2.24, 2.45) is 5.73 Å². The zero-order valence-corrected chi connectivity index (χ0v) is 14.4. The summed E-state index contributed by atoms with van der Waals surface area (Å²) in [5.41, 5.74) is -1.42.